The maximum absolute atomic E-state index is 13.4. The van der Waals surface area contributed by atoms with E-state index in [9.17, 15) is 9.59 Å². The smallest absolute Gasteiger partial charge is 0.233 e. The number of benzene rings is 1. The number of rotatable bonds is 3. The minimum Gasteiger partial charge on any atom is -0.352 e. The van der Waals surface area contributed by atoms with Gasteiger partial charge in [-0.3, -0.25) is 9.59 Å². The maximum atomic E-state index is 13.4. The Labute approximate surface area is 193 Å². The van der Waals surface area contributed by atoms with E-state index in [1.165, 1.54) is 38.5 Å². The van der Waals surface area contributed by atoms with Gasteiger partial charge in [-0.15, -0.1) is 0 Å². The summed E-state index contributed by atoms with van der Waals surface area (Å²) in [5.74, 6) is 1.41. The average molecular weight is 437 g/mol. The molecule has 1 aliphatic heterocycles. The molecule has 2 N–H and O–H groups in total. The first-order valence-corrected chi connectivity index (χ1v) is 12.8. The minimum absolute atomic E-state index is 0.0135. The van der Waals surface area contributed by atoms with Crippen molar-refractivity contribution >= 4 is 11.8 Å². The van der Waals surface area contributed by atoms with Crippen molar-refractivity contribution in [3.63, 3.8) is 0 Å². The van der Waals surface area contributed by atoms with Crippen LogP contribution < -0.4 is 10.6 Å². The van der Waals surface area contributed by atoms with E-state index in [1.807, 2.05) is 44.2 Å². The van der Waals surface area contributed by atoms with Crippen LogP contribution in [0.4, 0.5) is 0 Å². The zero-order valence-corrected chi connectivity index (χ0v) is 20.2. The Balaban J connectivity index is 1.36. The molecular weight excluding hydrogens is 396 g/mol. The Morgan fingerprint density at radius 2 is 1.78 bits per heavy atom. The van der Waals surface area contributed by atoms with Crippen molar-refractivity contribution in [2.75, 3.05) is 0 Å². The highest BCUT2D eigenvalue weighted by atomic mass is 16.2. The fourth-order valence-electron chi connectivity index (χ4n) is 8.32. The van der Waals surface area contributed by atoms with Crippen LogP contribution in [0.25, 0.3) is 0 Å². The van der Waals surface area contributed by atoms with E-state index < -0.39 is 11.5 Å². The molecule has 4 nitrogen and oxygen atoms in total. The molecule has 1 aromatic rings. The van der Waals surface area contributed by atoms with Gasteiger partial charge in [0.2, 0.25) is 11.8 Å². The number of hydrogen-bond acceptors (Lipinski definition) is 2. The molecule has 4 aliphatic rings. The van der Waals surface area contributed by atoms with Crippen LogP contribution in [0.1, 0.15) is 84.6 Å². The number of fused-ring (bicyclic) bond motifs is 5. The zero-order chi connectivity index (χ0) is 22.7. The summed E-state index contributed by atoms with van der Waals surface area (Å²) in [7, 11) is 0. The number of nitrogens with one attached hydrogen (secondary N) is 2. The maximum Gasteiger partial charge on any atom is 0.233 e. The lowest BCUT2D eigenvalue weighted by atomic mass is 9.47. The number of amides is 2. The van der Waals surface area contributed by atoms with Crippen molar-refractivity contribution in [2.24, 2.45) is 34.5 Å². The van der Waals surface area contributed by atoms with Crippen LogP contribution in [0, 0.1) is 34.5 Å². The van der Waals surface area contributed by atoms with E-state index in [-0.39, 0.29) is 23.3 Å². The van der Waals surface area contributed by atoms with E-state index in [0.717, 1.165) is 23.8 Å². The Bertz CT molecular complexity index is 896. The van der Waals surface area contributed by atoms with Crippen molar-refractivity contribution in [3.05, 3.63) is 35.9 Å². The van der Waals surface area contributed by atoms with Crippen LogP contribution in [0.15, 0.2) is 30.3 Å². The van der Waals surface area contributed by atoms with Crippen LogP contribution >= 0.6 is 0 Å². The van der Waals surface area contributed by atoms with Gasteiger partial charge in [0, 0.05) is 6.04 Å². The topological polar surface area (TPSA) is 58.2 Å². The van der Waals surface area contributed by atoms with Gasteiger partial charge in [-0.2, -0.15) is 0 Å². The van der Waals surface area contributed by atoms with Crippen molar-refractivity contribution in [1.29, 1.82) is 0 Å². The van der Waals surface area contributed by atoms with Gasteiger partial charge in [0.25, 0.3) is 0 Å². The predicted octanol–water partition coefficient (Wildman–Crippen LogP) is 5.18. The Hall–Kier alpha value is -1.84. The lowest BCUT2D eigenvalue weighted by Crippen LogP contribution is -2.65. The molecule has 0 radical (unpaired) electrons. The van der Waals surface area contributed by atoms with Crippen molar-refractivity contribution in [1.82, 2.24) is 10.6 Å². The lowest BCUT2D eigenvalue weighted by molar-refractivity contribution is -0.151. The van der Waals surface area contributed by atoms with Crippen LogP contribution in [0.5, 0.6) is 0 Å². The fraction of sp³-hybridized carbons (Fsp3) is 0.714. The van der Waals surface area contributed by atoms with Crippen LogP contribution in [0.3, 0.4) is 0 Å². The molecule has 4 fully saturated rings. The van der Waals surface area contributed by atoms with E-state index in [2.05, 4.69) is 24.5 Å². The van der Waals surface area contributed by atoms with E-state index >= 15 is 0 Å². The summed E-state index contributed by atoms with van der Waals surface area (Å²) in [5.41, 5.74) is 1.08. The van der Waals surface area contributed by atoms with Crippen molar-refractivity contribution in [3.8, 4) is 0 Å². The first-order chi connectivity index (χ1) is 15.1. The van der Waals surface area contributed by atoms with Gasteiger partial charge in [-0.05, 0) is 92.9 Å². The zero-order valence-electron chi connectivity index (χ0n) is 20.2. The van der Waals surface area contributed by atoms with Crippen LogP contribution in [0.2, 0.25) is 0 Å². The largest absolute Gasteiger partial charge is 0.352 e. The minimum atomic E-state index is -0.602. The van der Waals surface area contributed by atoms with Gasteiger partial charge in [0.05, 0.1) is 5.54 Å². The average Bonchev–Trinajstić information content (AvgIpc) is 3.16. The van der Waals surface area contributed by atoms with Crippen molar-refractivity contribution in [2.45, 2.75) is 90.6 Å². The second-order valence-electron chi connectivity index (χ2n) is 12.3. The van der Waals surface area contributed by atoms with Gasteiger partial charge >= 0.3 is 0 Å². The van der Waals surface area contributed by atoms with Gasteiger partial charge in [0.1, 0.15) is 5.92 Å². The van der Waals surface area contributed by atoms with E-state index in [1.54, 1.807) is 0 Å². The number of hydrogen-bond donors (Lipinski definition) is 2. The number of piperidine rings is 1. The van der Waals surface area contributed by atoms with Crippen LogP contribution in [-0.4, -0.2) is 17.9 Å². The summed E-state index contributed by atoms with van der Waals surface area (Å²) in [4.78, 5) is 26.5. The Morgan fingerprint density at radius 1 is 1.03 bits per heavy atom. The predicted molar refractivity (Wildman–Crippen MR) is 127 cm³/mol. The first kappa shape index (κ1) is 22.0. The number of carbonyl (C=O) groups excluding carboxylic acids is 2. The summed E-state index contributed by atoms with van der Waals surface area (Å²) in [6, 6.07) is 10.2. The molecule has 1 heterocycles. The molecule has 174 valence electrons. The first-order valence-electron chi connectivity index (χ1n) is 12.8. The number of carbonyl (C=O) groups is 2. The third-order valence-corrected chi connectivity index (χ3v) is 10.2. The Kier molecular flexibility index (Phi) is 5.22. The summed E-state index contributed by atoms with van der Waals surface area (Å²) >= 11 is 0. The quantitative estimate of drug-likeness (QED) is 0.642. The molecule has 0 spiro atoms. The normalized spacial score (nSPS) is 41.1. The second kappa shape index (κ2) is 7.60. The highest BCUT2D eigenvalue weighted by Gasteiger charge is 2.60. The van der Waals surface area contributed by atoms with Crippen LogP contribution in [-0.2, 0) is 15.1 Å². The lowest BCUT2D eigenvalue weighted by Gasteiger charge is -2.60. The molecule has 1 aromatic carbocycles. The van der Waals surface area contributed by atoms with Crippen molar-refractivity contribution < 1.29 is 9.59 Å². The molecule has 2 amide bonds. The van der Waals surface area contributed by atoms with E-state index in [0.29, 0.717) is 17.8 Å². The molecular formula is C28H40N2O2. The van der Waals surface area contributed by atoms with Gasteiger partial charge in [0.15, 0.2) is 0 Å². The molecule has 3 saturated carbocycles. The highest BCUT2D eigenvalue weighted by molar-refractivity contribution is 6.01. The van der Waals surface area contributed by atoms with Gasteiger partial charge in [-0.25, -0.2) is 0 Å². The third kappa shape index (κ3) is 3.40. The molecule has 2 unspecified atom stereocenters. The molecule has 3 aliphatic carbocycles. The van der Waals surface area contributed by atoms with E-state index in [4.69, 9.17) is 0 Å². The summed E-state index contributed by atoms with van der Waals surface area (Å²) < 4.78 is 0. The standard InChI is InChI=1S/C28H40N2O2/c1-26(2,18-9-6-5-7-10-18)30-25(32)20-17-28(4)22-14-16-27(3)15-8-11-21(27)19(22)12-13-23(28)29-24(20)31/h5-7,9-10,19-23H,8,11-17H2,1-4H3,(H,29,31)(H,30,32)/t19-,20?,21-,22+,23?,27-,28+/m0/s1. The third-order valence-electron chi connectivity index (χ3n) is 10.2. The molecule has 1 saturated heterocycles. The second-order valence-corrected chi connectivity index (χ2v) is 12.3. The summed E-state index contributed by atoms with van der Waals surface area (Å²) in [5, 5.41) is 6.52. The molecule has 0 bridgehead atoms. The molecule has 4 heteroatoms. The fourth-order valence-corrected chi connectivity index (χ4v) is 8.32. The molecule has 5 rings (SSSR count). The Morgan fingerprint density at radius 3 is 2.53 bits per heavy atom. The summed E-state index contributed by atoms with van der Waals surface area (Å²) in [6.07, 6.45) is 9.70. The SMILES string of the molecule is CC(C)(NC(=O)C1C[C@@]2(C)C(CC[C@@H]3[C@H]2CC[C@]2(C)CCC[C@@H]32)NC1=O)c1ccccc1. The highest BCUT2D eigenvalue weighted by Crippen LogP contribution is 2.64. The molecule has 32 heavy (non-hydrogen) atoms. The monoisotopic (exact) mass is 436 g/mol. The summed E-state index contributed by atoms with van der Waals surface area (Å²) in [6.45, 7) is 8.95. The molecule has 7 atom stereocenters. The molecule has 0 aromatic heterocycles. The van der Waals surface area contributed by atoms with Gasteiger partial charge < -0.3 is 10.6 Å². The van der Waals surface area contributed by atoms with Gasteiger partial charge in [-0.1, -0.05) is 50.6 Å².